The van der Waals surface area contributed by atoms with Crippen LogP contribution >= 0.6 is 11.6 Å². The van der Waals surface area contributed by atoms with Crippen molar-refractivity contribution in [2.45, 2.75) is 18.9 Å². The van der Waals surface area contributed by atoms with Gasteiger partial charge in [-0.3, -0.25) is 9.59 Å². The molecule has 0 fully saturated rings. The van der Waals surface area contributed by atoms with Crippen LogP contribution in [0.5, 0.6) is 5.75 Å². The highest BCUT2D eigenvalue weighted by Crippen LogP contribution is 2.17. The van der Waals surface area contributed by atoms with Gasteiger partial charge in [-0.15, -0.1) is 0 Å². The first kappa shape index (κ1) is 16.8. The summed E-state index contributed by atoms with van der Waals surface area (Å²) in [5.41, 5.74) is 4.91. The number of hydrogen-bond acceptors (Lipinski definition) is 4. The molecule has 0 aromatic heterocycles. The van der Waals surface area contributed by atoms with Crippen LogP contribution in [0.15, 0.2) is 24.3 Å². The minimum Gasteiger partial charge on any atom is -0.493 e. The normalized spacial score (nSPS) is 11.5. The zero-order valence-electron chi connectivity index (χ0n) is 11.0. The van der Waals surface area contributed by atoms with E-state index < -0.39 is 30.2 Å². The second-order valence-corrected chi connectivity index (χ2v) is 4.62. The Balaban J connectivity index is 2.39. The Kier molecular flexibility index (Phi) is 6.48. The van der Waals surface area contributed by atoms with Gasteiger partial charge < -0.3 is 20.9 Å². The molecule has 7 nitrogen and oxygen atoms in total. The van der Waals surface area contributed by atoms with Crippen molar-refractivity contribution in [1.29, 1.82) is 0 Å². The zero-order valence-corrected chi connectivity index (χ0v) is 11.8. The van der Waals surface area contributed by atoms with E-state index in [1.54, 1.807) is 24.3 Å². The van der Waals surface area contributed by atoms with E-state index in [1.807, 2.05) is 0 Å². The first-order chi connectivity index (χ1) is 9.88. The van der Waals surface area contributed by atoms with Gasteiger partial charge in [0.1, 0.15) is 11.8 Å². The van der Waals surface area contributed by atoms with E-state index in [4.69, 9.17) is 27.2 Å². The lowest BCUT2D eigenvalue weighted by atomic mass is 10.2. The van der Waals surface area contributed by atoms with E-state index >= 15 is 0 Å². The second-order valence-electron chi connectivity index (χ2n) is 4.18. The first-order valence-corrected chi connectivity index (χ1v) is 6.45. The van der Waals surface area contributed by atoms with Crippen molar-refractivity contribution < 1.29 is 24.2 Å². The number of nitrogens with two attached hydrogens (primary N) is 1. The smallest absolute Gasteiger partial charge is 0.326 e. The predicted molar refractivity (Wildman–Crippen MR) is 74.9 cm³/mol. The highest BCUT2D eigenvalue weighted by atomic mass is 35.5. The number of carboxylic acid groups (broad SMARTS) is 1. The van der Waals surface area contributed by atoms with Crippen LogP contribution in [0.2, 0.25) is 5.02 Å². The van der Waals surface area contributed by atoms with Gasteiger partial charge in [-0.25, -0.2) is 4.79 Å². The van der Waals surface area contributed by atoms with Gasteiger partial charge in [-0.05, 0) is 18.2 Å². The molecule has 0 spiro atoms. The summed E-state index contributed by atoms with van der Waals surface area (Å²) in [5, 5.41) is 11.5. The van der Waals surface area contributed by atoms with Gasteiger partial charge >= 0.3 is 5.97 Å². The number of ether oxygens (including phenoxy) is 1. The Hall–Kier alpha value is -2.28. The van der Waals surface area contributed by atoms with Crippen LogP contribution in [0.1, 0.15) is 12.8 Å². The highest BCUT2D eigenvalue weighted by Gasteiger charge is 2.21. The number of nitrogens with one attached hydrogen (secondary N) is 1. The van der Waals surface area contributed by atoms with E-state index in [0.717, 1.165) is 0 Å². The van der Waals surface area contributed by atoms with Crippen molar-refractivity contribution >= 4 is 29.4 Å². The van der Waals surface area contributed by atoms with Crippen LogP contribution in [-0.2, 0) is 14.4 Å². The number of rotatable bonds is 8. The monoisotopic (exact) mass is 314 g/mol. The Morgan fingerprint density at radius 2 is 2.10 bits per heavy atom. The topological polar surface area (TPSA) is 119 Å². The molecule has 0 aliphatic carbocycles. The molecule has 0 aliphatic heterocycles. The number of carbonyl (C=O) groups excluding carboxylic acids is 2. The van der Waals surface area contributed by atoms with Crippen molar-refractivity contribution in [3.05, 3.63) is 29.3 Å². The predicted octanol–water partition coefficient (Wildman–Crippen LogP) is 0.554. The van der Waals surface area contributed by atoms with Gasteiger partial charge in [0.05, 0.1) is 19.4 Å². The molecule has 2 amide bonds. The van der Waals surface area contributed by atoms with Crippen LogP contribution in [0.3, 0.4) is 0 Å². The molecule has 8 heteroatoms. The van der Waals surface area contributed by atoms with Crippen molar-refractivity contribution in [1.82, 2.24) is 5.32 Å². The summed E-state index contributed by atoms with van der Waals surface area (Å²) < 4.78 is 5.30. The maximum Gasteiger partial charge on any atom is 0.326 e. The second kappa shape index (κ2) is 8.11. The number of amides is 2. The van der Waals surface area contributed by atoms with Crippen LogP contribution in [0.4, 0.5) is 0 Å². The lowest BCUT2D eigenvalue weighted by Gasteiger charge is -2.13. The number of hydrogen-bond donors (Lipinski definition) is 3. The molecule has 4 N–H and O–H groups in total. The molecule has 0 heterocycles. The molecule has 0 aliphatic rings. The van der Waals surface area contributed by atoms with Gasteiger partial charge in [0.2, 0.25) is 11.8 Å². The zero-order chi connectivity index (χ0) is 15.8. The number of aliphatic carboxylic acids is 1. The van der Waals surface area contributed by atoms with Gasteiger partial charge in [-0.1, -0.05) is 17.7 Å². The Morgan fingerprint density at radius 1 is 1.38 bits per heavy atom. The minimum atomic E-state index is -1.33. The Labute approximate surface area is 126 Å². The van der Waals surface area contributed by atoms with Crippen LogP contribution in [-0.4, -0.2) is 35.5 Å². The van der Waals surface area contributed by atoms with Crippen LogP contribution in [0, 0.1) is 0 Å². The van der Waals surface area contributed by atoms with Crippen molar-refractivity contribution in [3.8, 4) is 5.75 Å². The number of halogens is 1. The van der Waals surface area contributed by atoms with Crippen molar-refractivity contribution in [3.63, 3.8) is 0 Å². The quantitative estimate of drug-likeness (QED) is 0.647. The number of carboxylic acids is 1. The van der Waals surface area contributed by atoms with Crippen LogP contribution < -0.4 is 15.8 Å². The lowest BCUT2D eigenvalue weighted by Crippen LogP contribution is -2.43. The fraction of sp³-hybridized carbons (Fsp3) is 0.308. The fourth-order valence-corrected chi connectivity index (χ4v) is 1.67. The summed E-state index contributed by atoms with van der Waals surface area (Å²) in [6.45, 7) is 0.0507. The van der Waals surface area contributed by atoms with Gasteiger partial charge in [0.15, 0.2) is 0 Å². The van der Waals surface area contributed by atoms with Crippen LogP contribution in [0.25, 0.3) is 0 Å². The third kappa shape index (κ3) is 6.62. The molecule has 1 aromatic rings. The molecule has 1 atom stereocenters. The first-order valence-electron chi connectivity index (χ1n) is 6.07. The molecule has 114 valence electrons. The molecule has 0 bridgehead atoms. The molecular weight excluding hydrogens is 300 g/mol. The standard InChI is InChI=1S/C13H15ClN2O5/c14-8-2-1-3-9(6-8)21-5-4-12(18)16-10(13(19)20)7-11(15)17/h1-3,6,10H,4-5,7H2,(H2,15,17)(H,16,18)(H,19,20)/t10-/m1/s1. The van der Waals surface area contributed by atoms with E-state index in [1.165, 1.54) is 0 Å². The summed E-state index contributed by atoms with van der Waals surface area (Å²) in [6.07, 6.45) is -0.523. The largest absolute Gasteiger partial charge is 0.493 e. The maximum atomic E-state index is 11.6. The fourth-order valence-electron chi connectivity index (χ4n) is 1.49. The van der Waals surface area contributed by atoms with Crippen molar-refractivity contribution in [2.75, 3.05) is 6.61 Å². The maximum absolute atomic E-state index is 11.6. The average Bonchev–Trinajstić information content (AvgIpc) is 2.37. The SMILES string of the molecule is NC(=O)C[C@@H](NC(=O)CCOc1cccc(Cl)c1)C(=O)O. The third-order valence-corrected chi connectivity index (χ3v) is 2.67. The number of primary amides is 1. The number of benzene rings is 1. The third-order valence-electron chi connectivity index (χ3n) is 2.43. The molecular formula is C13H15ClN2O5. The molecule has 0 saturated carbocycles. The Bertz CT molecular complexity index is 535. The van der Waals surface area contributed by atoms with E-state index in [0.29, 0.717) is 10.8 Å². The molecule has 0 unspecified atom stereocenters. The summed E-state index contributed by atoms with van der Waals surface area (Å²) in [6, 6.07) is 5.32. The molecule has 1 aromatic carbocycles. The minimum absolute atomic E-state index is 0.0507. The summed E-state index contributed by atoms with van der Waals surface area (Å²) in [5.74, 6) is -2.18. The van der Waals surface area contributed by atoms with Gasteiger partial charge in [0, 0.05) is 5.02 Å². The highest BCUT2D eigenvalue weighted by molar-refractivity contribution is 6.30. The molecule has 21 heavy (non-hydrogen) atoms. The van der Waals surface area contributed by atoms with E-state index in [-0.39, 0.29) is 13.0 Å². The van der Waals surface area contributed by atoms with E-state index in [9.17, 15) is 14.4 Å². The Morgan fingerprint density at radius 3 is 2.67 bits per heavy atom. The molecule has 1 rings (SSSR count). The molecule has 0 radical (unpaired) electrons. The molecule has 0 saturated heterocycles. The van der Waals surface area contributed by atoms with E-state index in [2.05, 4.69) is 5.32 Å². The average molecular weight is 315 g/mol. The summed E-state index contributed by atoms with van der Waals surface area (Å²) in [7, 11) is 0. The van der Waals surface area contributed by atoms with Gasteiger partial charge in [-0.2, -0.15) is 0 Å². The summed E-state index contributed by atoms with van der Waals surface area (Å²) >= 11 is 5.77. The van der Waals surface area contributed by atoms with Crippen molar-refractivity contribution in [2.24, 2.45) is 5.73 Å². The number of carbonyl (C=O) groups is 3. The van der Waals surface area contributed by atoms with Gasteiger partial charge in [0.25, 0.3) is 0 Å². The lowest BCUT2D eigenvalue weighted by molar-refractivity contribution is -0.143. The summed E-state index contributed by atoms with van der Waals surface area (Å²) in [4.78, 5) is 33.1.